The van der Waals surface area contributed by atoms with Gasteiger partial charge in [0.1, 0.15) is 35.8 Å². The lowest BCUT2D eigenvalue weighted by atomic mass is 9.89. The predicted octanol–water partition coefficient (Wildman–Crippen LogP) is 3.44. The molecule has 3 aromatic heterocycles. The molecule has 8 heteroatoms. The van der Waals surface area contributed by atoms with Crippen LogP contribution >= 0.6 is 11.3 Å². The fraction of sp³-hybridized carbons (Fsp3) is 0.423. The fourth-order valence-corrected chi connectivity index (χ4v) is 6.44. The minimum Gasteiger partial charge on any atom is -0.438 e. The van der Waals surface area contributed by atoms with Crippen LogP contribution in [0.15, 0.2) is 33.5 Å². The van der Waals surface area contributed by atoms with Gasteiger partial charge in [0.2, 0.25) is 5.88 Å². The minimum atomic E-state index is -0.358. The number of aryl methyl sites for hydroxylation is 2. The van der Waals surface area contributed by atoms with Crippen molar-refractivity contribution in [2.24, 2.45) is 5.92 Å². The number of morpholine rings is 1. The highest BCUT2D eigenvalue weighted by Gasteiger charge is 2.26. The van der Waals surface area contributed by atoms with Crippen LogP contribution in [0.25, 0.3) is 21.2 Å². The van der Waals surface area contributed by atoms with Crippen LogP contribution in [0.3, 0.4) is 0 Å². The second-order valence-electron chi connectivity index (χ2n) is 9.52. The maximum atomic E-state index is 11.9. The molecular formula is C26H28N3O4S+. The molecule has 4 aromatic rings. The molecule has 6 rings (SSSR count). The highest BCUT2D eigenvalue weighted by atomic mass is 32.1. The van der Waals surface area contributed by atoms with Crippen LogP contribution in [0.4, 0.5) is 0 Å². The number of ether oxygens (including phenoxy) is 2. The summed E-state index contributed by atoms with van der Waals surface area (Å²) < 4.78 is 17.4. The van der Waals surface area contributed by atoms with Crippen molar-refractivity contribution in [1.82, 2.24) is 9.97 Å². The summed E-state index contributed by atoms with van der Waals surface area (Å²) in [5.74, 6) is 2.69. The van der Waals surface area contributed by atoms with Crippen molar-refractivity contribution < 1.29 is 18.8 Å². The largest absolute Gasteiger partial charge is 0.438 e. The van der Waals surface area contributed by atoms with E-state index in [0.717, 1.165) is 72.7 Å². The Morgan fingerprint density at radius 2 is 2.06 bits per heavy atom. The molecule has 1 aromatic carbocycles. The number of rotatable bonds is 4. The molecule has 1 saturated heterocycles. The van der Waals surface area contributed by atoms with Crippen molar-refractivity contribution in [3.05, 3.63) is 56.5 Å². The molecule has 2 aliphatic rings. The molecule has 7 nitrogen and oxygen atoms in total. The summed E-state index contributed by atoms with van der Waals surface area (Å²) in [5.41, 5.74) is 2.39. The highest BCUT2D eigenvalue weighted by molar-refractivity contribution is 7.18. The summed E-state index contributed by atoms with van der Waals surface area (Å²) in [7, 11) is 0. The third kappa shape index (κ3) is 4.10. The average Bonchev–Trinajstić information content (AvgIpc) is 3.17. The molecule has 1 N–H and O–H groups in total. The molecule has 34 heavy (non-hydrogen) atoms. The maximum absolute atomic E-state index is 11.9. The van der Waals surface area contributed by atoms with Crippen molar-refractivity contribution in [3.63, 3.8) is 0 Å². The van der Waals surface area contributed by atoms with E-state index >= 15 is 0 Å². The van der Waals surface area contributed by atoms with E-state index in [0.29, 0.717) is 23.1 Å². The van der Waals surface area contributed by atoms with Gasteiger partial charge in [0.25, 0.3) is 0 Å². The Hall–Kier alpha value is -2.81. The van der Waals surface area contributed by atoms with Gasteiger partial charge in [0.05, 0.1) is 18.6 Å². The van der Waals surface area contributed by atoms with Crippen molar-refractivity contribution >= 4 is 32.5 Å². The summed E-state index contributed by atoms with van der Waals surface area (Å²) in [4.78, 5) is 25.6. The van der Waals surface area contributed by atoms with E-state index in [-0.39, 0.29) is 5.63 Å². The van der Waals surface area contributed by atoms with E-state index in [4.69, 9.17) is 23.9 Å². The van der Waals surface area contributed by atoms with Gasteiger partial charge in [-0.05, 0) is 55.4 Å². The van der Waals surface area contributed by atoms with E-state index in [9.17, 15) is 4.79 Å². The Balaban J connectivity index is 1.43. The van der Waals surface area contributed by atoms with Crippen LogP contribution < -0.4 is 15.3 Å². The molecule has 0 radical (unpaired) electrons. The number of nitrogens with one attached hydrogen (secondary N) is 1. The number of aromatic nitrogens is 2. The number of quaternary nitrogens is 1. The third-order valence-corrected chi connectivity index (χ3v) is 8.06. The Labute approximate surface area is 201 Å². The van der Waals surface area contributed by atoms with Gasteiger partial charge < -0.3 is 18.8 Å². The predicted molar refractivity (Wildman–Crippen MR) is 131 cm³/mol. The second kappa shape index (κ2) is 8.76. The van der Waals surface area contributed by atoms with Crippen molar-refractivity contribution in [1.29, 1.82) is 0 Å². The Morgan fingerprint density at radius 3 is 2.91 bits per heavy atom. The van der Waals surface area contributed by atoms with E-state index in [2.05, 4.69) is 6.92 Å². The first-order valence-electron chi connectivity index (χ1n) is 12.0. The van der Waals surface area contributed by atoms with Gasteiger partial charge in [0, 0.05) is 22.4 Å². The third-order valence-electron chi connectivity index (χ3n) is 6.91. The molecule has 0 saturated carbocycles. The average molecular weight is 479 g/mol. The Kier molecular flexibility index (Phi) is 5.59. The zero-order valence-electron chi connectivity index (χ0n) is 19.5. The molecule has 1 fully saturated rings. The zero-order valence-corrected chi connectivity index (χ0v) is 20.3. The minimum absolute atomic E-state index is 0.358. The number of thiophene rings is 1. The molecule has 0 spiro atoms. The molecule has 1 aliphatic carbocycles. The highest BCUT2D eigenvalue weighted by Crippen LogP contribution is 2.42. The summed E-state index contributed by atoms with van der Waals surface area (Å²) in [5, 5.41) is 1.94. The molecule has 1 aliphatic heterocycles. The summed E-state index contributed by atoms with van der Waals surface area (Å²) >= 11 is 1.79. The van der Waals surface area contributed by atoms with E-state index in [1.54, 1.807) is 17.4 Å². The van der Waals surface area contributed by atoms with E-state index in [1.165, 1.54) is 27.8 Å². The van der Waals surface area contributed by atoms with Crippen molar-refractivity contribution in [3.8, 4) is 11.6 Å². The van der Waals surface area contributed by atoms with Gasteiger partial charge in [0.15, 0.2) is 5.82 Å². The van der Waals surface area contributed by atoms with Gasteiger partial charge in [-0.15, -0.1) is 11.3 Å². The smallest absolute Gasteiger partial charge is 0.336 e. The summed E-state index contributed by atoms with van der Waals surface area (Å²) in [6.07, 6.45) is 3.27. The van der Waals surface area contributed by atoms with Gasteiger partial charge in [-0.3, -0.25) is 0 Å². The SMILES string of the molecule is Cc1cc(=O)oc2cc(Oc3nc(C[NH+]4CCOCC4)nc4sc5c(c34)CC[C@H](C)C5)ccc12. The van der Waals surface area contributed by atoms with Crippen LogP contribution in [0.2, 0.25) is 0 Å². The molecule has 0 bridgehead atoms. The molecule has 0 amide bonds. The first-order chi connectivity index (χ1) is 16.5. The van der Waals surface area contributed by atoms with Gasteiger partial charge >= 0.3 is 5.63 Å². The number of nitrogens with zero attached hydrogens (tertiary/aromatic N) is 2. The summed E-state index contributed by atoms with van der Waals surface area (Å²) in [6, 6.07) is 7.14. The molecule has 4 heterocycles. The monoisotopic (exact) mass is 478 g/mol. The first-order valence-corrected chi connectivity index (χ1v) is 12.8. The number of hydrogen-bond acceptors (Lipinski definition) is 7. The molecule has 1 atom stereocenters. The van der Waals surface area contributed by atoms with Crippen molar-refractivity contribution in [2.45, 2.75) is 39.7 Å². The van der Waals surface area contributed by atoms with Gasteiger partial charge in [-0.25, -0.2) is 9.78 Å². The number of hydrogen-bond donors (Lipinski definition) is 1. The fourth-order valence-electron chi connectivity index (χ4n) is 5.04. The standard InChI is InChI=1S/C26H27N3O4S/c1-15-3-5-19-21(11-15)34-26-24(19)25(27-22(28-26)14-29-7-9-31-10-8-29)32-17-4-6-18-16(2)12-23(30)33-20(18)13-17/h4,6,12-13,15H,3,5,7-11,14H2,1-2H3/p+1/t15-/m0/s1. The molecule has 176 valence electrons. The lowest BCUT2D eigenvalue weighted by molar-refractivity contribution is -0.922. The Bertz CT molecular complexity index is 1440. The van der Waals surface area contributed by atoms with E-state index < -0.39 is 0 Å². The summed E-state index contributed by atoms with van der Waals surface area (Å²) in [6.45, 7) is 8.43. The van der Waals surface area contributed by atoms with Crippen LogP contribution in [-0.2, 0) is 24.1 Å². The van der Waals surface area contributed by atoms with Crippen LogP contribution in [0, 0.1) is 12.8 Å². The number of fused-ring (bicyclic) bond motifs is 4. The van der Waals surface area contributed by atoms with Crippen LogP contribution in [0.1, 0.15) is 35.2 Å². The first kappa shape index (κ1) is 21.7. The second-order valence-corrected chi connectivity index (χ2v) is 10.6. The van der Waals surface area contributed by atoms with Gasteiger partial charge in [-0.2, -0.15) is 4.98 Å². The number of benzene rings is 1. The maximum Gasteiger partial charge on any atom is 0.336 e. The van der Waals surface area contributed by atoms with Crippen LogP contribution in [-0.4, -0.2) is 36.3 Å². The van der Waals surface area contributed by atoms with E-state index in [1.807, 2.05) is 19.1 Å². The molecular weight excluding hydrogens is 450 g/mol. The normalized spacial score (nSPS) is 18.9. The zero-order chi connectivity index (χ0) is 23.2. The lowest BCUT2D eigenvalue weighted by Gasteiger charge is -2.23. The quantitative estimate of drug-likeness (QED) is 0.453. The topological polar surface area (TPSA) is 78.9 Å². The lowest BCUT2D eigenvalue weighted by Crippen LogP contribution is -3.12. The molecule has 0 unspecified atom stereocenters. The Morgan fingerprint density at radius 1 is 1.21 bits per heavy atom. The van der Waals surface area contributed by atoms with Crippen molar-refractivity contribution in [2.75, 3.05) is 26.3 Å². The van der Waals surface area contributed by atoms with Crippen LogP contribution in [0.5, 0.6) is 11.6 Å². The van der Waals surface area contributed by atoms with Gasteiger partial charge in [-0.1, -0.05) is 6.92 Å².